The summed E-state index contributed by atoms with van der Waals surface area (Å²) in [5, 5.41) is 2.82. The van der Waals surface area contributed by atoms with Crippen LogP contribution in [-0.2, 0) is 17.8 Å². The highest BCUT2D eigenvalue weighted by atomic mass is 16.5. The van der Waals surface area contributed by atoms with E-state index in [2.05, 4.69) is 54.6 Å². The molecular weight excluding hydrogens is 374 g/mol. The molecule has 0 spiro atoms. The number of aromatic nitrogens is 2. The topological polar surface area (TPSA) is 56.2 Å². The van der Waals surface area contributed by atoms with Gasteiger partial charge in [0.1, 0.15) is 18.2 Å². The lowest BCUT2D eigenvalue weighted by atomic mass is 10.1. The van der Waals surface area contributed by atoms with Gasteiger partial charge in [-0.3, -0.25) is 4.79 Å². The average molecular weight is 406 g/mol. The Balaban J connectivity index is 1.59. The minimum absolute atomic E-state index is 0.111. The summed E-state index contributed by atoms with van der Waals surface area (Å²) in [5.74, 6) is 1.93. The molecule has 5 nitrogen and oxygen atoms in total. The van der Waals surface area contributed by atoms with Gasteiger partial charge in [0.05, 0.1) is 17.6 Å². The molecule has 0 bridgehead atoms. The summed E-state index contributed by atoms with van der Waals surface area (Å²) in [6.07, 6.45) is 5.25. The largest absolute Gasteiger partial charge is 0.491 e. The number of benzene rings is 2. The molecule has 0 unspecified atom stereocenters. The van der Waals surface area contributed by atoms with Crippen LogP contribution in [0, 0.1) is 13.8 Å². The van der Waals surface area contributed by atoms with Crippen molar-refractivity contribution in [2.75, 3.05) is 13.2 Å². The lowest BCUT2D eigenvalue weighted by molar-refractivity contribution is -0.116. The Morgan fingerprint density at radius 2 is 1.97 bits per heavy atom. The molecule has 0 saturated heterocycles. The van der Waals surface area contributed by atoms with Crippen LogP contribution in [0.25, 0.3) is 11.0 Å². The molecule has 0 aliphatic heterocycles. The minimum atomic E-state index is -0.111. The highest BCUT2D eigenvalue weighted by Gasteiger charge is 2.11. The zero-order valence-corrected chi connectivity index (χ0v) is 18.0. The first-order valence-electron chi connectivity index (χ1n) is 10.6. The summed E-state index contributed by atoms with van der Waals surface area (Å²) in [4.78, 5) is 16.1. The molecule has 0 aliphatic carbocycles. The van der Waals surface area contributed by atoms with Crippen LogP contribution >= 0.6 is 0 Å². The van der Waals surface area contributed by atoms with Gasteiger partial charge in [0.15, 0.2) is 0 Å². The van der Waals surface area contributed by atoms with Crippen molar-refractivity contribution in [2.45, 2.75) is 46.1 Å². The number of fused-ring (bicyclic) bond motifs is 1. The molecule has 0 fully saturated rings. The molecule has 3 aromatic rings. The summed E-state index contributed by atoms with van der Waals surface area (Å²) in [6, 6.07) is 14.4. The van der Waals surface area contributed by atoms with Gasteiger partial charge in [0.2, 0.25) is 5.91 Å². The lowest BCUT2D eigenvalue weighted by Gasteiger charge is -2.13. The summed E-state index contributed by atoms with van der Waals surface area (Å²) in [5.41, 5.74) is 4.61. The van der Waals surface area contributed by atoms with E-state index in [1.165, 1.54) is 17.2 Å². The van der Waals surface area contributed by atoms with Crippen molar-refractivity contribution in [3.8, 4) is 5.75 Å². The second-order valence-electron chi connectivity index (χ2n) is 7.52. The molecule has 2 aromatic carbocycles. The first kappa shape index (κ1) is 21.6. The third-order valence-corrected chi connectivity index (χ3v) is 5.42. The number of imidazole rings is 1. The number of para-hydroxylation sites is 2. The number of rotatable bonds is 11. The van der Waals surface area contributed by atoms with Gasteiger partial charge in [-0.2, -0.15) is 0 Å². The number of nitrogens with one attached hydrogen (secondary N) is 1. The van der Waals surface area contributed by atoms with Gasteiger partial charge in [-0.15, -0.1) is 0 Å². The average Bonchev–Trinajstić information content (AvgIpc) is 3.11. The Labute approximate surface area is 178 Å². The van der Waals surface area contributed by atoms with Crippen molar-refractivity contribution in [2.24, 2.45) is 0 Å². The molecule has 5 heteroatoms. The van der Waals surface area contributed by atoms with Crippen molar-refractivity contribution in [1.29, 1.82) is 0 Å². The zero-order chi connectivity index (χ0) is 21.3. The van der Waals surface area contributed by atoms with Crippen LogP contribution < -0.4 is 10.1 Å². The number of unbranched alkanes of at least 4 members (excludes halogenated alkanes) is 2. The van der Waals surface area contributed by atoms with E-state index in [4.69, 9.17) is 9.72 Å². The number of carbonyl (C=O) groups excluding carboxylic acids is 1. The van der Waals surface area contributed by atoms with E-state index in [0.29, 0.717) is 13.2 Å². The number of carbonyl (C=O) groups is 1. The molecule has 0 radical (unpaired) electrons. The van der Waals surface area contributed by atoms with Crippen LogP contribution in [0.15, 0.2) is 55.1 Å². The maximum Gasteiger partial charge on any atom is 0.243 e. The van der Waals surface area contributed by atoms with E-state index in [-0.39, 0.29) is 5.91 Å². The highest BCUT2D eigenvalue weighted by molar-refractivity contribution is 5.86. The molecule has 30 heavy (non-hydrogen) atoms. The first-order chi connectivity index (χ1) is 14.6. The van der Waals surface area contributed by atoms with Crippen molar-refractivity contribution in [3.63, 3.8) is 0 Å². The molecule has 0 atom stereocenters. The Morgan fingerprint density at radius 1 is 1.13 bits per heavy atom. The fourth-order valence-electron chi connectivity index (χ4n) is 3.56. The summed E-state index contributed by atoms with van der Waals surface area (Å²) >= 11 is 0. The molecule has 158 valence electrons. The van der Waals surface area contributed by atoms with Crippen LogP contribution in [0.5, 0.6) is 5.75 Å². The van der Waals surface area contributed by atoms with E-state index >= 15 is 0 Å². The number of hydrogen-bond acceptors (Lipinski definition) is 3. The second kappa shape index (κ2) is 10.6. The third-order valence-electron chi connectivity index (χ3n) is 5.42. The van der Waals surface area contributed by atoms with E-state index < -0.39 is 0 Å². The Bertz CT molecular complexity index is 1010. The molecule has 0 aliphatic rings. The van der Waals surface area contributed by atoms with Gasteiger partial charge >= 0.3 is 0 Å². The van der Waals surface area contributed by atoms with Crippen molar-refractivity contribution in [3.05, 3.63) is 72.1 Å². The Hall–Kier alpha value is -3.08. The monoisotopic (exact) mass is 405 g/mol. The fraction of sp³-hybridized carbons (Fsp3) is 0.360. The van der Waals surface area contributed by atoms with E-state index in [0.717, 1.165) is 54.8 Å². The number of ether oxygens (including phenoxy) is 1. The van der Waals surface area contributed by atoms with Gasteiger partial charge in [0.25, 0.3) is 0 Å². The van der Waals surface area contributed by atoms with Crippen LogP contribution in [0.4, 0.5) is 0 Å². The third kappa shape index (κ3) is 5.50. The first-order valence-corrected chi connectivity index (χ1v) is 10.6. The SMILES string of the molecule is C=CC(=O)NCCCCCc1nc2ccccc2n1CCOc1cccc(C)c1C. The molecule has 3 rings (SSSR count). The second-order valence-corrected chi connectivity index (χ2v) is 7.52. The maximum atomic E-state index is 11.2. The van der Waals surface area contributed by atoms with Crippen molar-refractivity contribution < 1.29 is 9.53 Å². The van der Waals surface area contributed by atoms with Crippen molar-refractivity contribution in [1.82, 2.24) is 14.9 Å². The van der Waals surface area contributed by atoms with Gasteiger partial charge in [0, 0.05) is 13.0 Å². The summed E-state index contributed by atoms with van der Waals surface area (Å²) < 4.78 is 8.37. The standard InChI is InChI=1S/C25H31N3O2/c1-4-25(29)26-16-9-5-6-15-24-27-21-12-7-8-13-22(21)28(24)17-18-30-23-14-10-11-19(2)20(23)3/h4,7-8,10-14H,1,5-6,9,15-18H2,2-3H3,(H,26,29). The molecule has 1 N–H and O–H groups in total. The van der Waals surface area contributed by atoms with Gasteiger partial charge in [-0.1, -0.05) is 37.3 Å². The Morgan fingerprint density at radius 3 is 2.80 bits per heavy atom. The van der Waals surface area contributed by atoms with E-state index in [9.17, 15) is 4.79 Å². The van der Waals surface area contributed by atoms with Crippen molar-refractivity contribution >= 4 is 16.9 Å². The predicted octanol–water partition coefficient (Wildman–Crippen LogP) is 4.75. The minimum Gasteiger partial charge on any atom is -0.491 e. The number of nitrogens with zero attached hydrogens (tertiary/aromatic N) is 2. The lowest BCUT2D eigenvalue weighted by Crippen LogP contribution is -2.21. The zero-order valence-electron chi connectivity index (χ0n) is 18.0. The summed E-state index contributed by atoms with van der Waals surface area (Å²) in [7, 11) is 0. The number of aryl methyl sites for hydroxylation is 2. The van der Waals surface area contributed by atoms with Gasteiger partial charge < -0.3 is 14.6 Å². The van der Waals surface area contributed by atoms with Crippen LogP contribution in [0.1, 0.15) is 36.2 Å². The number of hydrogen-bond donors (Lipinski definition) is 1. The van der Waals surface area contributed by atoms with E-state index in [1.807, 2.05) is 18.2 Å². The predicted molar refractivity (Wildman–Crippen MR) is 122 cm³/mol. The van der Waals surface area contributed by atoms with Crippen LogP contribution in [0.3, 0.4) is 0 Å². The Kier molecular flexibility index (Phi) is 7.66. The highest BCUT2D eigenvalue weighted by Crippen LogP contribution is 2.22. The number of amides is 1. The molecular formula is C25H31N3O2. The van der Waals surface area contributed by atoms with Crippen LogP contribution in [-0.4, -0.2) is 28.6 Å². The maximum absolute atomic E-state index is 11.2. The van der Waals surface area contributed by atoms with Gasteiger partial charge in [-0.05, 0) is 62.1 Å². The fourth-order valence-corrected chi connectivity index (χ4v) is 3.56. The molecule has 0 saturated carbocycles. The normalized spacial score (nSPS) is 10.9. The summed E-state index contributed by atoms with van der Waals surface area (Å²) in [6.45, 7) is 9.72. The van der Waals surface area contributed by atoms with Crippen LogP contribution in [0.2, 0.25) is 0 Å². The van der Waals surface area contributed by atoms with Gasteiger partial charge in [-0.25, -0.2) is 4.98 Å². The quantitative estimate of drug-likeness (QED) is 0.370. The smallest absolute Gasteiger partial charge is 0.243 e. The molecule has 1 heterocycles. The van der Waals surface area contributed by atoms with E-state index in [1.54, 1.807) is 0 Å². The molecule has 1 aromatic heterocycles. The molecule has 1 amide bonds.